The molecule has 184 valence electrons. The zero-order valence-corrected chi connectivity index (χ0v) is 20.2. The fraction of sp³-hybridized carbons (Fsp3) is 0.423. The molecule has 2 atom stereocenters. The normalized spacial score (nSPS) is 20.4. The minimum atomic E-state index is -0.138. The molecule has 3 aliphatic rings. The van der Waals surface area contributed by atoms with Crippen LogP contribution in [0.2, 0.25) is 0 Å². The van der Waals surface area contributed by atoms with Gasteiger partial charge in [-0.25, -0.2) is 9.97 Å². The van der Waals surface area contributed by atoms with Gasteiger partial charge in [-0.1, -0.05) is 12.1 Å². The summed E-state index contributed by atoms with van der Waals surface area (Å²) in [4.78, 5) is 23.8. The molecule has 2 aliphatic heterocycles. The summed E-state index contributed by atoms with van der Waals surface area (Å²) >= 11 is 0. The monoisotopic (exact) mass is 484 g/mol. The van der Waals surface area contributed by atoms with Gasteiger partial charge in [-0.05, 0) is 38.0 Å². The maximum absolute atomic E-state index is 11.8. The third kappa shape index (κ3) is 3.77. The van der Waals surface area contributed by atoms with E-state index in [0.717, 1.165) is 66.3 Å². The van der Waals surface area contributed by atoms with Crippen molar-refractivity contribution in [2.24, 2.45) is 5.92 Å². The maximum atomic E-state index is 11.8. The van der Waals surface area contributed by atoms with Crippen LogP contribution in [0.3, 0.4) is 0 Å². The quantitative estimate of drug-likeness (QED) is 0.449. The van der Waals surface area contributed by atoms with Crippen LogP contribution < -0.4 is 15.0 Å². The van der Waals surface area contributed by atoms with Gasteiger partial charge in [0.15, 0.2) is 5.82 Å². The Hall–Kier alpha value is -3.95. The number of anilines is 1. The van der Waals surface area contributed by atoms with E-state index in [4.69, 9.17) is 14.7 Å². The summed E-state index contributed by atoms with van der Waals surface area (Å²) in [6, 6.07) is 11.0. The number of ether oxygens (including phenoxy) is 1. The van der Waals surface area contributed by atoms with Crippen molar-refractivity contribution in [2.45, 2.75) is 51.4 Å². The third-order valence-electron chi connectivity index (χ3n) is 7.60. The molecule has 10 heteroatoms. The lowest BCUT2D eigenvalue weighted by molar-refractivity contribution is -0.119. The van der Waals surface area contributed by atoms with Crippen LogP contribution in [0.4, 0.5) is 5.69 Å². The second-order valence-electron chi connectivity index (χ2n) is 10.1. The molecule has 5 heterocycles. The highest BCUT2D eigenvalue weighted by molar-refractivity contribution is 5.85. The van der Waals surface area contributed by atoms with E-state index in [2.05, 4.69) is 53.8 Å². The molecular formula is C26H28N8O2. The van der Waals surface area contributed by atoms with Crippen molar-refractivity contribution in [1.82, 2.24) is 34.6 Å². The van der Waals surface area contributed by atoms with Crippen molar-refractivity contribution >= 4 is 22.6 Å². The highest BCUT2D eigenvalue weighted by Crippen LogP contribution is 2.40. The number of carbonyl (C=O) groups excluding carboxylic acids is 1. The van der Waals surface area contributed by atoms with Crippen molar-refractivity contribution in [3.8, 4) is 17.1 Å². The zero-order valence-electron chi connectivity index (χ0n) is 20.2. The SMILES string of the molecule is C[C@@H](Oc1nc(-c2ccc(N3CCn4cnnc4C3)cc2)cc2ncn(C3CC3)c12)C1CNC(=O)C1. The fourth-order valence-electron chi connectivity index (χ4n) is 5.25. The van der Waals surface area contributed by atoms with Gasteiger partial charge >= 0.3 is 0 Å². The predicted molar refractivity (Wildman–Crippen MR) is 134 cm³/mol. The highest BCUT2D eigenvalue weighted by Gasteiger charge is 2.31. The molecule has 1 aromatic carbocycles. The topological polar surface area (TPSA) is 103 Å². The molecule has 10 nitrogen and oxygen atoms in total. The molecule has 0 radical (unpaired) electrons. The molecule has 4 aromatic rings. The number of hydrogen-bond donors (Lipinski definition) is 1. The highest BCUT2D eigenvalue weighted by atomic mass is 16.5. The number of imidazole rings is 1. The molecule has 36 heavy (non-hydrogen) atoms. The summed E-state index contributed by atoms with van der Waals surface area (Å²) in [6.07, 6.45) is 6.35. The van der Waals surface area contributed by atoms with Crippen molar-refractivity contribution in [3.05, 3.63) is 48.8 Å². The molecule has 1 N–H and O–H groups in total. The maximum Gasteiger partial charge on any atom is 0.241 e. The smallest absolute Gasteiger partial charge is 0.241 e. The summed E-state index contributed by atoms with van der Waals surface area (Å²) in [5, 5.41) is 11.2. The second-order valence-corrected chi connectivity index (χ2v) is 10.1. The molecule has 1 saturated heterocycles. The van der Waals surface area contributed by atoms with Crippen LogP contribution in [0.5, 0.6) is 5.88 Å². The summed E-state index contributed by atoms with van der Waals surface area (Å²) in [6.45, 7) is 5.21. The molecule has 1 unspecified atom stereocenters. The Morgan fingerprint density at radius 1 is 1.14 bits per heavy atom. The van der Waals surface area contributed by atoms with E-state index in [9.17, 15) is 4.79 Å². The Labute approximate surface area is 208 Å². The molecule has 0 spiro atoms. The number of rotatable bonds is 6. The Kier molecular flexibility index (Phi) is 4.93. The Morgan fingerprint density at radius 3 is 2.78 bits per heavy atom. The summed E-state index contributed by atoms with van der Waals surface area (Å²) in [7, 11) is 0. The predicted octanol–water partition coefficient (Wildman–Crippen LogP) is 2.95. The van der Waals surface area contributed by atoms with Gasteiger partial charge < -0.3 is 24.1 Å². The molecular weight excluding hydrogens is 456 g/mol. The molecule has 3 aromatic heterocycles. The Balaban J connectivity index is 1.20. The van der Waals surface area contributed by atoms with Crippen molar-refractivity contribution in [2.75, 3.05) is 18.0 Å². The van der Waals surface area contributed by atoms with Gasteiger partial charge in [0.25, 0.3) is 0 Å². The number of pyridine rings is 1. The standard InChI is InChI=1S/C26H28N8O2/c1-16(18-10-24(35)27-12-18)36-26-25-22(28-14-34(25)20-6-7-20)11-21(30-26)17-2-4-19(5-3-17)32-8-9-33-15-29-31-23(33)13-32/h2-5,11,14-16,18,20H,6-10,12-13H2,1H3,(H,27,35)/t16-,18?/m1/s1. The van der Waals surface area contributed by atoms with Gasteiger partial charge in [-0.15, -0.1) is 10.2 Å². The Bertz CT molecular complexity index is 1440. The Morgan fingerprint density at radius 2 is 2.00 bits per heavy atom. The number of amides is 1. The number of benzene rings is 1. The second kappa shape index (κ2) is 8.32. The summed E-state index contributed by atoms with van der Waals surface area (Å²) in [5.74, 6) is 1.79. The van der Waals surface area contributed by atoms with Crippen molar-refractivity contribution < 1.29 is 9.53 Å². The van der Waals surface area contributed by atoms with Crippen LogP contribution in [0.15, 0.2) is 43.0 Å². The number of hydrogen-bond acceptors (Lipinski definition) is 7. The van der Waals surface area contributed by atoms with E-state index in [0.29, 0.717) is 24.9 Å². The van der Waals surface area contributed by atoms with Gasteiger partial charge in [-0.3, -0.25) is 4.79 Å². The number of carbonyl (C=O) groups is 1. The van der Waals surface area contributed by atoms with Gasteiger partial charge in [-0.2, -0.15) is 0 Å². The lowest BCUT2D eigenvalue weighted by Crippen LogP contribution is -2.33. The molecule has 7 rings (SSSR count). The van der Waals surface area contributed by atoms with Crippen LogP contribution in [0.1, 0.15) is 38.1 Å². The first kappa shape index (κ1) is 21.3. The summed E-state index contributed by atoms with van der Waals surface area (Å²) < 4.78 is 10.8. The number of nitrogens with zero attached hydrogens (tertiary/aromatic N) is 7. The van der Waals surface area contributed by atoms with Crippen LogP contribution in [0.25, 0.3) is 22.3 Å². The molecule has 1 amide bonds. The fourth-order valence-corrected chi connectivity index (χ4v) is 5.25. The van der Waals surface area contributed by atoms with E-state index in [1.54, 1.807) is 6.33 Å². The third-order valence-corrected chi connectivity index (χ3v) is 7.60. The van der Waals surface area contributed by atoms with Gasteiger partial charge in [0.2, 0.25) is 11.8 Å². The largest absolute Gasteiger partial charge is 0.473 e. The average molecular weight is 485 g/mol. The van der Waals surface area contributed by atoms with Gasteiger partial charge in [0.05, 0.1) is 24.1 Å². The number of nitrogens with one attached hydrogen (secondary N) is 1. The van der Waals surface area contributed by atoms with E-state index >= 15 is 0 Å². The molecule has 2 fully saturated rings. The minimum absolute atomic E-state index is 0.0827. The van der Waals surface area contributed by atoms with E-state index < -0.39 is 0 Å². The first-order valence-corrected chi connectivity index (χ1v) is 12.7. The van der Waals surface area contributed by atoms with Gasteiger partial charge in [0.1, 0.15) is 17.9 Å². The minimum Gasteiger partial charge on any atom is -0.473 e. The number of aromatic nitrogens is 6. The van der Waals surface area contributed by atoms with E-state index in [1.165, 1.54) is 0 Å². The van der Waals surface area contributed by atoms with E-state index in [-0.39, 0.29) is 17.9 Å². The van der Waals surface area contributed by atoms with Crippen LogP contribution >= 0.6 is 0 Å². The van der Waals surface area contributed by atoms with Crippen LogP contribution in [0, 0.1) is 5.92 Å². The van der Waals surface area contributed by atoms with Crippen LogP contribution in [-0.2, 0) is 17.9 Å². The number of fused-ring (bicyclic) bond motifs is 2. The van der Waals surface area contributed by atoms with Crippen molar-refractivity contribution in [3.63, 3.8) is 0 Å². The lowest BCUT2D eigenvalue weighted by Gasteiger charge is -2.29. The van der Waals surface area contributed by atoms with Crippen LogP contribution in [-0.4, -0.2) is 54.4 Å². The summed E-state index contributed by atoms with van der Waals surface area (Å²) in [5.41, 5.74) is 4.82. The lowest BCUT2D eigenvalue weighted by atomic mass is 10.0. The zero-order chi connectivity index (χ0) is 24.2. The molecule has 0 bridgehead atoms. The van der Waals surface area contributed by atoms with Gasteiger partial charge in [0, 0.05) is 49.3 Å². The van der Waals surface area contributed by atoms with E-state index in [1.807, 2.05) is 19.3 Å². The van der Waals surface area contributed by atoms with Crippen molar-refractivity contribution in [1.29, 1.82) is 0 Å². The first-order chi connectivity index (χ1) is 17.6. The first-order valence-electron chi connectivity index (χ1n) is 12.7. The molecule has 1 saturated carbocycles. The molecule has 1 aliphatic carbocycles. The average Bonchev–Trinajstić information content (AvgIpc) is 3.27.